The van der Waals surface area contributed by atoms with Gasteiger partial charge in [0.05, 0.1) is 6.54 Å². The third-order valence-electron chi connectivity index (χ3n) is 3.32. The van der Waals surface area contributed by atoms with E-state index in [4.69, 9.17) is 5.73 Å². The van der Waals surface area contributed by atoms with Crippen molar-refractivity contribution in [1.82, 2.24) is 10.6 Å². The minimum Gasteiger partial charge on any atom is -0.399 e. The molecule has 4 N–H and O–H groups in total. The van der Waals surface area contributed by atoms with Gasteiger partial charge in [0.2, 0.25) is 5.91 Å². The van der Waals surface area contributed by atoms with Gasteiger partial charge in [0.25, 0.3) is 5.91 Å². The molecule has 0 heterocycles. The maximum atomic E-state index is 11.7. The molecule has 0 aromatic heterocycles. The molecule has 1 aliphatic carbocycles. The third-order valence-corrected chi connectivity index (χ3v) is 3.32. The monoisotopic (exact) mass is 261 g/mol. The maximum Gasteiger partial charge on any atom is 0.251 e. The SMILES string of the molecule is CC1CC(NC(=O)CNC(=O)c2ccc(N)cc2)C1. The Hall–Kier alpha value is -2.04. The molecule has 1 aromatic rings. The van der Waals surface area contributed by atoms with Crippen LogP contribution in [0.15, 0.2) is 24.3 Å². The lowest BCUT2D eigenvalue weighted by molar-refractivity contribution is -0.121. The van der Waals surface area contributed by atoms with Crippen LogP contribution in [0.2, 0.25) is 0 Å². The van der Waals surface area contributed by atoms with Gasteiger partial charge < -0.3 is 16.4 Å². The third kappa shape index (κ3) is 3.71. The first-order chi connectivity index (χ1) is 9.04. The number of carbonyl (C=O) groups excluding carboxylic acids is 2. The Morgan fingerprint density at radius 3 is 2.47 bits per heavy atom. The van der Waals surface area contributed by atoms with Crippen LogP contribution in [0, 0.1) is 5.92 Å². The molecule has 1 saturated carbocycles. The van der Waals surface area contributed by atoms with E-state index < -0.39 is 0 Å². The molecule has 1 aromatic carbocycles. The number of nitrogens with two attached hydrogens (primary N) is 1. The molecule has 2 rings (SSSR count). The van der Waals surface area contributed by atoms with E-state index in [1.807, 2.05) is 0 Å². The molecule has 0 aliphatic heterocycles. The van der Waals surface area contributed by atoms with E-state index in [1.165, 1.54) is 0 Å². The predicted octanol–water partition coefficient (Wildman–Crippen LogP) is 0.913. The summed E-state index contributed by atoms with van der Waals surface area (Å²) in [5, 5.41) is 5.48. The summed E-state index contributed by atoms with van der Waals surface area (Å²) >= 11 is 0. The van der Waals surface area contributed by atoms with Crippen molar-refractivity contribution in [2.24, 2.45) is 5.92 Å². The molecule has 0 unspecified atom stereocenters. The molecule has 0 atom stereocenters. The van der Waals surface area contributed by atoms with Crippen LogP contribution in [-0.4, -0.2) is 24.4 Å². The molecule has 19 heavy (non-hydrogen) atoms. The first-order valence-electron chi connectivity index (χ1n) is 6.47. The summed E-state index contributed by atoms with van der Waals surface area (Å²) in [6, 6.07) is 6.86. The number of carbonyl (C=O) groups is 2. The molecular weight excluding hydrogens is 242 g/mol. The second-order valence-corrected chi connectivity index (χ2v) is 5.15. The number of benzene rings is 1. The molecule has 1 fully saturated rings. The van der Waals surface area contributed by atoms with E-state index in [1.54, 1.807) is 24.3 Å². The first kappa shape index (κ1) is 13.4. The summed E-state index contributed by atoms with van der Waals surface area (Å²) in [5.74, 6) is 0.285. The van der Waals surface area contributed by atoms with Crippen molar-refractivity contribution in [3.63, 3.8) is 0 Å². The fourth-order valence-electron chi connectivity index (χ4n) is 2.20. The molecule has 0 spiro atoms. The number of nitrogen functional groups attached to an aromatic ring is 1. The average molecular weight is 261 g/mol. The number of nitrogens with one attached hydrogen (secondary N) is 2. The minimum absolute atomic E-state index is 0.00803. The van der Waals surface area contributed by atoms with Crippen LogP contribution in [0.4, 0.5) is 5.69 Å². The van der Waals surface area contributed by atoms with Crippen molar-refractivity contribution < 1.29 is 9.59 Å². The number of rotatable bonds is 4. The Balaban J connectivity index is 1.74. The van der Waals surface area contributed by atoms with Crippen LogP contribution in [0.3, 0.4) is 0 Å². The van der Waals surface area contributed by atoms with Gasteiger partial charge in [-0.05, 0) is 43.0 Å². The highest BCUT2D eigenvalue weighted by Crippen LogP contribution is 2.25. The van der Waals surface area contributed by atoms with E-state index in [0.29, 0.717) is 17.2 Å². The van der Waals surface area contributed by atoms with Crippen molar-refractivity contribution in [3.8, 4) is 0 Å². The summed E-state index contributed by atoms with van der Waals surface area (Å²) in [6.07, 6.45) is 2.05. The van der Waals surface area contributed by atoms with Gasteiger partial charge in [-0.3, -0.25) is 9.59 Å². The number of hydrogen-bond donors (Lipinski definition) is 3. The summed E-state index contributed by atoms with van der Waals surface area (Å²) in [7, 11) is 0. The van der Waals surface area contributed by atoms with Crippen molar-refractivity contribution >= 4 is 17.5 Å². The van der Waals surface area contributed by atoms with Crippen LogP contribution >= 0.6 is 0 Å². The molecule has 5 nitrogen and oxygen atoms in total. The Bertz CT molecular complexity index is 464. The lowest BCUT2D eigenvalue weighted by Gasteiger charge is -2.33. The van der Waals surface area contributed by atoms with Crippen molar-refractivity contribution in [2.45, 2.75) is 25.8 Å². The number of anilines is 1. The Morgan fingerprint density at radius 1 is 1.26 bits per heavy atom. The Labute approximate surface area is 112 Å². The Kier molecular flexibility index (Phi) is 4.04. The fraction of sp³-hybridized carbons (Fsp3) is 0.429. The smallest absolute Gasteiger partial charge is 0.251 e. The van der Waals surface area contributed by atoms with Gasteiger partial charge in [-0.1, -0.05) is 6.92 Å². The van der Waals surface area contributed by atoms with Crippen molar-refractivity contribution in [2.75, 3.05) is 12.3 Å². The van der Waals surface area contributed by atoms with E-state index in [0.717, 1.165) is 12.8 Å². The normalized spacial score (nSPS) is 21.3. The van der Waals surface area contributed by atoms with Crippen LogP contribution in [0.5, 0.6) is 0 Å². The highest BCUT2D eigenvalue weighted by Gasteiger charge is 2.26. The van der Waals surface area contributed by atoms with E-state index in [-0.39, 0.29) is 24.4 Å². The lowest BCUT2D eigenvalue weighted by Crippen LogP contribution is -2.47. The largest absolute Gasteiger partial charge is 0.399 e. The van der Waals surface area contributed by atoms with Crippen LogP contribution < -0.4 is 16.4 Å². The van der Waals surface area contributed by atoms with E-state index in [2.05, 4.69) is 17.6 Å². The van der Waals surface area contributed by atoms with Crippen molar-refractivity contribution in [1.29, 1.82) is 0 Å². The van der Waals surface area contributed by atoms with Gasteiger partial charge in [-0.2, -0.15) is 0 Å². The quantitative estimate of drug-likeness (QED) is 0.704. The highest BCUT2D eigenvalue weighted by atomic mass is 16.2. The van der Waals surface area contributed by atoms with Crippen LogP contribution in [0.25, 0.3) is 0 Å². The van der Waals surface area contributed by atoms with Gasteiger partial charge in [-0.15, -0.1) is 0 Å². The molecule has 102 valence electrons. The van der Waals surface area contributed by atoms with E-state index in [9.17, 15) is 9.59 Å². The number of hydrogen-bond acceptors (Lipinski definition) is 3. The fourth-order valence-corrected chi connectivity index (χ4v) is 2.20. The van der Waals surface area contributed by atoms with Gasteiger partial charge >= 0.3 is 0 Å². The second kappa shape index (κ2) is 5.73. The van der Waals surface area contributed by atoms with E-state index >= 15 is 0 Å². The van der Waals surface area contributed by atoms with Gasteiger partial charge in [0.1, 0.15) is 0 Å². The molecule has 2 amide bonds. The summed E-state index contributed by atoms with van der Waals surface area (Å²) in [5.41, 5.74) is 6.65. The minimum atomic E-state index is -0.267. The summed E-state index contributed by atoms with van der Waals surface area (Å²) < 4.78 is 0. The second-order valence-electron chi connectivity index (χ2n) is 5.15. The summed E-state index contributed by atoms with van der Waals surface area (Å²) in [4.78, 5) is 23.3. The zero-order valence-electron chi connectivity index (χ0n) is 11.0. The topological polar surface area (TPSA) is 84.2 Å². The molecule has 5 heteroatoms. The average Bonchev–Trinajstić information content (AvgIpc) is 2.35. The van der Waals surface area contributed by atoms with Crippen LogP contribution in [-0.2, 0) is 4.79 Å². The van der Waals surface area contributed by atoms with Gasteiger partial charge in [0, 0.05) is 17.3 Å². The van der Waals surface area contributed by atoms with Gasteiger partial charge in [0.15, 0.2) is 0 Å². The maximum absolute atomic E-state index is 11.7. The Morgan fingerprint density at radius 2 is 1.89 bits per heavy atom. The van der Waals surface area contributed by atoms with Gasteiger partial charge in [-0.25, -0.2) is 0 Å². The van der Waals surface area contributed by atoms with Crippen molar-refractivity contribution in [3.05, 3.63) is 29.8 Å². The highest BCUT2D eigenvalue weighted by molar-refractivity contribution is 5.96. The summed E-state index contributed by atoms with van der Waals surface area (Å²) in [6.45, 7) is 2.17. The molecule has 0 radical (unpaired) electrons. The molecule has 0 saturated heterocycles. The first-order valence-corrected chi connectivity index (χ1v) is 6.47. The zero-order chi connectivity index (χ0) is 13.8. The lowest BCUT2D eigenvalue weighted by atomic mass is 9.82. The standard InChI is InChI=1S/C14H19N3O2/c1-9-6-12(7-9)17-13(18)8-16-14(19)10-2-4-11(15)5-3-10/h2-5,9,12H,6-8,15H2,1H3,(H,16,19)(H,17,18). The van der Waals surface area contributed by atoms with Crippen LogP contribution in [0.1, 0.15) is 30.1 Å². The molecule has 0 bridgehead atoms. The molecule has 1 aliphatic rings. The molecular formula is C14H19N3O2. The zero-order valence-corrected chi connectivity index (χ0v) is 11.0. The predicted molar refractivity (Wildman–Crippen MR) is 73.5 cm³/mol. The number of amides is 2.